The normalized spacial score (nSPS) is 10.9. The summed E-state index contributed by atoms with van der Waals surface area (Å²) in [5.41, 5.74) is 7.74. The van der Waals surface area contributed by atoms with Crippen molar-refractivity contribution in [3.8, 4) is 0 Å². The number of benzene rings is 2. The van der Waals surface area contributed by atoms with E-state index in [0.29, 0.717) is 10.7 Å². The number of nitrogen functional groups attached to an aromatic ring is 1. The van der Waals surface area contributed by atoms with Gasteiger partial charge >= 0.3 is 0 Å². The maximum absolute atomic E-state index is 5.86. The number of hydrogen-bond acceptors (Lipinski definition) is 2. The highest BCUT2D eigenvalue weighted by molar-refractivity contribution is 8.02. The van der Waals surface area contributed by atoms with Crippen LogP contribution < -0.4 is 5.73 Å². The lowest BCUT2D eigenvalue weighted by Crippen LogP contribution is -1.86. The molecule has 0 saturated carbocycles. The lowest BCUT2D eigenvalue weighted by atomic mass is 10.2. The molecule has 0 spiro atoms. The Morgan fingerprint density at radius 2 is 1.82 bits per heavy atom. The van der Waals surface area contributed by atoms with Crippen molar-refractivity contribution in [2.45, 2.75) is 4.90 Å². The van der Waals surface area contributed by atoms with Crippen LogP contribution in [-0.2, 0) is 0 Å². The zero-order chi connectivity index (χ0) is 12.1. The molecule has 2 rings (SSSR count). The van der Waals surface area contributed by atoms with Gasteiger partial charge in [0.1, 0.15) is 0 Å². The lowest BCUT2D eigenvalue weighted by Gasteiger charge is -2.01. The second-order valence-corrected chi connectivity index (χ2v) is 4.90. The summed E-state index contributed by atoms with van der Waals surface area (Å²) in [5.74, 6) is 0. The van der Waals surface area contributed by atoms with Crippen molar-refractivity contribution < 1.29 is 0 Å². The zero-order valence-corrected chi connectivity index (χ0v) is 10.7. The predicted molar refractivity (Wildman–Crippen MR) is 77.2 cm³/mol. The largest absolute Gasteiger partial charge is 0.398 e. The highest BCUT2D eigenvalue weighted by Crippen LogP contribution is 2.28. The topological polar surface area (TPSA) is 26.0 Å². The smallest absolute Gasteiger partial charge is 0.0470 e. The summed E-state index contributed by atoms with van der Waals surface area (Å²) in [5, 5.41) is 2.69. The van der Waals surface area contributed by atoms with Crippen LogP contribution in [0.4, 0.5) is 5.69 Å². The fraction of sp³-hybridized carbons (Fsp3) is 0. The van der Waals surface area contributed by atoms with Crippen molar-refractivity contribution >= 4 is 35.1 Å². The summed E-state index contributed by atoms with van der Waals surface area (Å²) in [6.07, 6.45) is 2.05. The number of thioether (sulfide) groups is 1. The fourth-order valence-corrected chi connectivity index (χ4v) is 2.27. The van der Waals surface area contributed by atoms with Gasteiger partial charge in [-0.05, 0) is 35.2 Å². The highest BCUT2D eigenvalue weighted by Gasteiger charge is 1.98. The molecule has 0 aliphatic carbocycles. The average Bonchev–Trinajstić information content (AvgIpc) is 2.33. The average molecular weight is 262 g/mol. The van der Waals surface area contributed by atoms with Gasteiger partial charge in [-0.25, -0.2) is 0 Å². The molecule has 0 fully saturated rings. The summed E-state index contributed by atoms with van der Waals surface area (Å²) in [4.78, 5) is 1.02. The first-order chi connectivity index (χ1) is 8.25. The molecular weight excluding hydrogens is 250 g/mol. The van der Waals surface area contributed by atoms with Crippen molar-refractivity contribution in [3.05, 3.63) is 64.5 Å². The van der Waals surface area contributed by atoms with E-state index in [9.17, 15) is 0 Å². The third kappa shape index (κ3) is 3.55. The molecule has 0 bridgehead atoms. The molecule has 2 aromatic carbocycles. The number of rotatable bonds is 3. The Morgan fingerprint density at radius 3 is 2.53 bits per heavy atom. The van der Waals surface area contributed by atoms with Crippen LogP contribution in [0.5, 0.6) is 0 Å². The molecule has 0 atom stereocenters. The Morgan fingerprint density at radius 1 is 1.06 bits per heavy atom. The molecule has 0 heterocycles. The maximum atomic E-state index is 5.86. The standard InChI is InChI=1S/C14H12ClNS/c15-12-6-7-14(13(16)10-12)17-9-8-11-4-2-1-3-5-11/h1-10H,16H2/b9-8-. The number of nitrogens with two attached hydrogens (primary N) is 1. The molecule has 0 aliphatic heterocycles. The molecule has 0 amide bonds. The monoisotopic (exact) mass is 261 g/mol. The second-order valence-electron chi connectivity index (χ2n) is 3.51. The molecule has 0 radical (unpaired) electrons. The van der Waals surface area contributed by atoms with Gasteiger partial charge in [0.05, 0.1) is 0 Å². The van der Waals surface area contributed by atoms with Gasteiger partial charge in [0, 0.05) is 15.6 Å². The molecule has 0 unspecified atom stereocenters. The number of halogens is 1. The molecular formula is C14H12ClNS. The van der Waals surface area contributed by atoms with Crippen LogP contribution in [0.2, 0.25) is 5.02 Å². The molecule has 2 N–H and O–H groups in total. The van der Waals surface area contributed by atoms with Crippen LogP contribution in [-0.4, -0.2) is 0 Å². The number of hydrogen-bond donors (Lipinski definition) is 1. The van der Waals surface area contributed by atoms with Crippen molar-refractivity contribution in [2.75, 3.05) is 5.73 Å². The van der Waals surface area contributed by atoms with Gasteiger partial charge in [0.15, 0.2) is 0 Å². The van der Waals surface area contributed by atoms with E-state index in [1.807, 2.05) is 35.7 Å². The van der Waals surface area contributed by atoms with Crippen molar-refractivity contribution in [2.24, 2.45) is 0 Å². The quantitative estimate of drug-likeness (QED) is 0.641. The second kappa shape index (κ2) is 5.80. The van der Waals surface area contributed by atoms with E-state index in [1.54, 1.807) is 17.8 Å². The third-order valence-electron chi connectivity index (χ3n) is 2.23. The first kappa shape index (κ1) is 12.1. The molecule has 17 heavy (non-hydrogen) atoms. The van der Waals surface area contributed by atoms with Gasteiger partial charge in [-0.3, -0.25) is 0 Å². The Hall–Kier alpha value is -1.38. The molecule has 2 aromatic rings. The van der Waals surface area contributed by atoms with Crippen LogP contribution in [0.15, 0.2) is 58.8 Å². The third-order valence-corrected chi connectivity index (χ3v) is 3.36. The Balaban J connectivity index is 2.05. The van der Waals surface area contributed by atoms with Crippen LogP contribution in [0.1, 0.15) is 5.56 Å². The van der Waals surface area contributed by atoms with Crippen LogP contribution in [0, 0.1) is 0 Å². The minimum absolute atomic E-state index is 0.666. The Labute approximate surface area is 110 Å². The van der Waals surface area contributed by atoms with E-state index in [4.69, 9.17) is 17.3 Å². The summed E-state index contributed by atoms with van der Waals surface area (Å²) in [6, 6.07) is 15.7. The summed E-state index contributed by atoms with van der Waals surface area (Å²) in [6.45, 7) is 0. The van der Waals surface area contributed by atoms with Crippen LogP contribution in [0.3, 0.4) is 0 Å². The first-order valence-electron chi connectivity index (χ1n) is 5.19. The molecule has 86 valence electrons. The van der Waals surface area contributed by atoms with E-state index in [0.717, 1.165) is 4.90 Å². The van der Waals surface area contributed by atoms with E-state index in [1.165, 1.54) is 5.56 Å². The summed E-state index contributed by atoms with van der Waals surface area (Å²) < 4.78 is 0. The maximum Gasteiger partial charge on any atom is 0.0470 e. The molecule has 0 aliphatic rings. The van der Waals surface area contributed by atoms with Crippen LogP contribution >= 0.6 is 23.4 Å². The molecule has 3 heteroatoms. The summed E-state index contributed by atoms with van der Waals surface area (Å²) >= 11 is 7.43. The zero-order valence-electron chi connectivity index (χ0n) is 9.14. The summed E-state index contributed by atoms with van der Waals surface area (Å²) in [7, 11) is 0. The van der Waals surface area contributed by atoms with Crippen molar-refractivity contribution in [1.29, 1.82) is 0 Å². The predicted octanol–water partition coefficient (Wildman–Crippen LogP) is 4.69. The molecule has 0 aromatic heterocycles. The van der Waals surface area contributed by atoms with E-state index in [2.05, 4.69) is 18.2 Å². The fourth-order valence-electron chi connectivity index (χ4n) is 1.38. The van der Waals surface area contributed by atoms with Crippen LogP contribution in [0.25, 0.3) is 6.08 Å². The minimum atomic E-state index is 0.666. The van der Waals surface area contributed by atoms with Crippen molar-refractivity contribution in [1.82, 2.24) is 0 Å². The molecule has 1 nitrogen and oxygen atoms in total. The number of anilines is 1. The molecule has 0 saturated heterocycles. The van der Waals surface area contributed by atoms with E-state index in [-0.39, 0.29) is 0 Å². The minimum Gasteiger partial charge on any atom is -0.398 e. The SMILES string of the molecule is Nc1cc(Cl)ccc1S/C=C\c1ccccc1. The Kier molecular flexibility index (Phi) is 4.13. The highest BCUT2D eigenvalue weighted by atomic mass is 35.5. The van der Waals surface area contributed by atoms with Gasteiger partial charge in [-0.15, -0.1) is 0 Å². The van der Waals surface area contributed by atoms with Gasteiger partial charge in [0.2, 0.25) is 0 Å². The van der Waals surface area contributed by atoms with Crippen molar-refractivity contribution in [3.63, 3.8) is 0 Å². The van der Waals surface area contributed by atoms with Gasteiger partial charge in [-0.2, -0.15) is 0 Å². The van der Waals surface area contributed by atoms with Gasteiger partial charge < -0.3 is 5.73 Å². The lowest BCUT2D eigenvalue weighted by molar-refractivity contribution is 1.47. The van der Waals surface area contributed by atoms with Gasteiger partial charge in [-0.1, -0.05) is 53.7 Å². The first-order valence-corrected chi connectivity index (χ1v) is 6.45. The van der Waals surface area contributed by atoms with E-state index >= 15 is 0 Å². The van der Waals surface area contributed by atoms with E-state index < -0.39 is 0 Å². The Bertz CT molecular complexity index is 523. The van der Waals surface area contributed by atoms with Gasteiger partial charge in [0.25, 0.3) is 0 Å².